The maximum Gasteiger partial charge on any atom is 0.159 e. The molecule has 1 aromatic carbocycles. The summed E-state index contributed by atoms with van der Waals surface area (Å²) in [5.74, 6) is -0.295. The van der Waals surface area contributed by atoms with Crippen molar-refractivity contribution in [3.8, 4) is 0 Å². The molecule has 0 radical (unpaired) electrons. The third-order valence-corrected chi connectivity index (χ3v) is 4.30. The predicted octanol–water partition coefficient (Wildman–Crippen LogP) is 2.24. The van der Waals surface area contributed by atoms with Gasteiger partial charge in [-0.15, -0.1) is 0 Å². The first kappa shape index (κ1) is 11.7. The van der Waals surface area contributed by atoms with E-state index in [1.165, 1.54) is 17.8 Å². The van der Waals surface area contributed by atoms with Crippen LogP contribution in [-0.4, -0.2) is 18.4 Å². The molecule has 18 heavy (non-hydrogen) atoms. The molecule has 2 N–H and O–H groups in total. The van der Waals surface area contributed by atoms with Gasteiger partial charge in [-0.2, -0.15) is 0 Å². The maximum absolute atomic E-state index is 14.1. The fourth-order valence-electron chi connectivity index (χ4n) is 2.60. The summed E-state index contributed by atoms with van der Waals surface area (Å²) in [4.78, 5) is 5.38. The van der Waals surface area contributed by atoms with Crippen molar-refractivity contribution in [3.05, 3.63) is 47.1 Å². The van der Waals surface area contributed by atoms with Gasteiger partial charge in [0.05, 0.1) is 13.2 Å². The van der Waals surface area contributed by atoms with Crippen LogP contribution in [0.3, 0.4) is 0 Å². The van der Waals surface area contributed by atoms with Crippen LogP contribution in [-0.2, 0) is 10.3 Å². The van der Waals surface area contributed by atoms with Crippen molar-refractivity contribution in [1.82, 2.24) is 0 Å². The highest BCUT2D eigenvalue weighted by atomic mass is 32.2. The summed E-state index contributed by atoms with van der Waals surface area (Å²) in [6, 6.07) is 6.66. The van der Waals surface area contributed by atoms with Crippen molar-refractivity contribution in [2.45, 2.75) is 5.54 Å². The lowest BCUT2D eigenvalue weighted by molar-refractivity contribution is 0.177. The number of thioether (sulfide) groups is 1. The molecule has 2 aliphatic rings. The van der Waals surface area contributed by atoms with E-state index < -0.39 is 5.54 Å². The molecule has 0 aliphatic carbocycles. The molecular formula is C13H13FN2OS. The zero-order valence-corrected chi connectivity index (χ0v) is 10.5. The summed E-state index contributed by atoms with van der Waals surface area (Å²) in [5.41, 5.74) is 5.63. The molecule has 94 valence electrons. The van der Waals surface area contributed by atoms with E-state index in [9.17, 15) is 4.39 Å². The van der Waals surface area contributed by atoms with Gasteiger partial charge in [-0.25, -0.2) is 9.38 Å². The molecule has 0 aromatic heterocycles. The van der Waals surface area contributed by atoms with Crippen molar-refractivity contribution in [1.29, 1.82) is 0 Å². The third-order valence-electron chi connectivity index (χ3n) is 3.46. The second-order valence-corrected chi connectivity index (χ2v) is 5.64. The molecule has 2 aliphatic heterocycles. The molecule has 2 unspecified atom stereocenters. The molecule has 1 aromatic rings. The number of nitrogens with two attached hydrogens (primary N) is 1. The van der Waals surface area contributed by atoms with E-state index in [1.807, 2.05) is 0 Å². The van der Waals surface area contributed by atoms with Crippen LogP contribution >= 0.6 is 11.8 Å². The van der Waals surface area contributed by atoms with Crippen LogP contribution in [0.2, 0.25) is 0 Å². The smallest absolute Gasteiger partial charge is 0.159 e. The van der Waals surface area contributed by atoms with Gasteiger partial charge in [0.2, 0.25) is 0 Å². The highest BCUT2D eigenvalue weighted by Crippen LogP contribution is 2.49. The van der Waals surface area contributed by atoms with Gasteiger partial charge >= 0.3 is 0 Å². The number of aliphatic imine (C=N–C) groups is 1. The van der Waals surface area contributed by atoms with Gasteiger partial charge < -0.3 is 10.5 Å². The van der Waals surface area contributed by atoms with E-state index >= 15 is 0 Å². The first-order valence-corrected chi connectivity index (χ1v) is 6.50. The lowest BCUT2D eigenvalue weighted by Crippen LogP contribution is -2.39. The molecule has 0 bridgehead atoms. The minimum absolute atomic E-state index is 0.0216. The van der Waals surface area contributed by atoms with Gasteiger partial charge in [-0.3, -0.25) is 0 Å². The molecule has 2 heterocycles. The number of halogens is 1. The van der Waals surface area contributed by atoms with Gasteiger partial charge in [0.25, 0.3) is 0 Å². The Morgan fingerprint density at radius 3 is 3.06 bits per heavy atom. The van der Waals surface area contributed by atoms with E-state index in [-0.39, 0.29) is 11.7 Å². The fourth-order valence-corrected chi connectivity index (χ4v) is 3.49. The first-order valence-electron chi connectivity index (χ1n) is 5.68. The molecule has 5 heteroatoms. The Bertz CT molecular complexity index is 546. The van der Waals surface area contributed by atoms with Crippen LogP contribution in [0.4, 0.5) is 4.39 Å². The summed E-state index contributed by atoms with van der Waals surface area (Å²) >= 11 is 1.35. The Morgan fingerprint density at radius 2 is 2.28 bits per heavy atom. The quantitative estimate of drug-likeness (QED) is 0.846. The second-order valence-electron chi connectivity index (χ2n) is 4.49. The van der Waals surface area contributed by atoms with Crippen LogP contribution in [0.25, 0.3) is 0 Å². The topological polar surface area (TPSA) is 47.6 Å². The van der Waals surface area contributed by atoms with E-state index in [0.717, 1.165) is 4.91 Å². The number of nitrogens with zero attached hydrogens (tertiary/aromatic N) is 1. The van der Waals surface area contributed by atoms with Crippen molar-refractivity contribution < 1.29 is 9.13 Å². The van der Waals surface area contributed by atoms with Crippen molar-refractivity contribution >= 4 is 16.9 Å². The monoisotopic (exact) mass is 264 g/mol. The van der Waals surface area contributed by atoms with Gasteiger partial charge in [0, 0.05) is 11.5 Å². The van der Waals surface area contributed by atoms with Gasteiger partial charge in [0.1, 0.15) is 11.4 Å². The fraction of sp³-hybridized carbons (Fsp3) is 0.308. The number of hydrogen-bond donors (Lipinski definition) is 1. The van der Waals surface area contributed by atoms with E-state index in [1.54, 1.807) is 18.2 Å². The minimum Gasteiger partial charge on any atom is -0.378 e. The number of rotatable bonds is 1. The van der Waals surface area contributed by atoms with Crippen molar-refractivity contribution in [2.75, 3.05) is 13.2 Å². The van der Waals surface area contributed by atoms with Crippen LogP contribution in [0.1, 0.15) is 5.56 Å². The SMILES string of the molecule is C=C1SC(N)=NC2(c3ccccc3F)COCC12. The minimum atomic E-state index is -0.738. The molecule has 1 saturated heterocycles. The molecule has 1 fully saturated rings. The first-order chi connectivity index (χ1) is 8.63. The number of ether oxygens (including phenoxy) is 1. The Morgan fingerprint density at radius 1 is 1.50 bits per heavy atom. The van der Waals surface area contributed by atoms with Crippen molar-refractivity contribution in [3.63, 3.8) is 0 Å². The Balaban J connectivity index is 2.20. The summed E-state index contributed by atoms with van der Waals surface area (Å²) in [6.07, 6.45) is 0. The van der Waals surface area contributed by atoms with E-state index in [0.29, 0.717) is 23.9 Å². The number of hydrogen-bond acceptors (Lipinski definition) is 4. The van der Waals surface area contributed by atoms with Gasteiger partial charge in [0.15, 0.2) is 5.17 Å². The normalized spacial score (nSPS) is 31.1. The Labute approximate surface area is 109 Å². The number of amidine groups is 1. The molecular weight excluding hydrogens is 251 g/mol. The zero-order valence-electron chi connectivity index (χ0n) is 9.73. The van der Waals surface area contributed by atoms with Crippen LogP contribution in [0.5, 0.6) is 0 Å². The van der Waals surface area contributed by atoms with Gasteiger partial charge in [-0.1, -0.05) is 36.5 Å². The van der Waals surface area contributed by atoms with Crippen molar-refractivity contribution in [2.24, 2.45) is 16.6 Å². The average molecular weight is 264 g/mol. The second kappa shape index (κ2) is 4.10. The molecule has 0 spiro atoms. The summed E-state index contributed by atoms with van der Waals surface area (Å²) in [6.45, 7) is 4.86. The lowest BCUT2D eigenvalue weighted by atomic mass is 9.80. The highest BCUT2D eigenvalue weighted by molar-refractivity contribution is 8.17. The summed E-state index contributed by atoms with van der Waals surface area (Å²) in [7, 11) is 0. The van der Waals surface area contributed by atoms with Crippen LogP contribution < -0.4 is 5.73 Å². The largest absolute Gasteiger partial charge is 0.378 e. The third kappa shape index (κ3) is 1.58. The average Bonchev–Trinajstić information content (AvgIpc) is 2.74. The Hall–Kier alpha value is -1.33. The maximum atomic E-state index is 14.1. The lowest BCUT2D eigenvalue weighted by Gasteiger charge is -2.35. The van der Waals surface area contributed by atoms with E-state index in [4.69, 9.17) is 10.5 Å². The number of fused-ring (bicyclic) bond motifs is 1. The Kier molecular flexibility index (Phi) is 2.68. The summed E-state index contributed by atoms with van der Waals surface area (Å²) < 4.78 is 19.6. The molecule has 2 atom stereocenters. The van der Waals surface area contributed by atoms with Gasteiger partial charge in [-0.05, 0) is 11.0 Å². The predicted molar refractivity (Wildman–Crippen MR) is 70.7 cm³/mol. The molecule has 3 rings (SSSR count). The number of benzene rings is 1. The van der Waals surface area contributed by atoms with Crippen LogP contribution in [0.15, 0.2) is 40.7 Å². The molecule has 0 amide bonds. The standard InChI is InChI=1S/C13H13FN2OS/c1-8-10-6-17-7-13(10,16-12(15)18-8)9-4-2-3-5-11(9)14/h2-5,10H,1,6-7H2,(H2,15,16). The zero-order chi connectivity index (χ0) is 12.8. The molecule has 3 nitrogen and oxygen atoms in total. The summed E-state index contributed by atoms with van der Waals surface area (Å²) in [5, 5.41) is 0.421. The highest BCUT2D eigenvalue weighted by Gasteiger charge is 2.50. The van der Waals surface area contributed by atoms with E-state index in [2.05, 4.69) is 11.6 Å². The molecule has 0 saturated carbocycles. The van der Waals surface area contributed by atoms with Crippen LogP contribution in [0, 0.1) is 11.7 Å².